The fraction of sp³-hybridized carbons (Fsp3) is 0.577. The summed E-state index contributed by atoms with van der Waals surface area (Å²) in [4.78, 5) is 43.3. The van der Waals surface area contributed by atoms with Crippen LogP contribution in [-0.4, -0.2) is 77.2 Å². The summed E-state index contributed by atoms with van der Waals surface area (Å²) in [5.74, 6) is 6.63. The predicted octanol–water partition coefficient (Wildman–Crippen LogP) is 1.61. The Balaban J connectivity index is 1.15. The number of hydrogen-bond acceptors (Lipinski definition) is 5. The molecule has 1 N–H and O–H groups in total. The van der Waals surface area contributed by atoms with Gasteiger partial charge in [-0.2, -0.15) is 0 Å². The topological polar surface area (TPSA) is 73.0 Å². The van der Waals surface area contributed by atoms with Gasteiger partial charge in [0.25, 0.3) is 5.91 Å². The number of nitrogens with zero attached hydrogens (tertiary/aromatic N) is 3. The summed E-state index contributed by atoms with van der Waals surface area (Å²) in [5.41, 5.74) is 2.37. The molecule has 0 saturated carbocycles. The van der Waals surface area contributed by atoms with Crippen LogP contribution >= 0.6 is 0 Å². The van der Waals surface area contributed by atoms with Crippen LogP contribution in [0.15, 0.2) is 18.2 Å². The Morgan fingerprint density at radius 3 is 2.64 bits per heavy atom. The number of fused-ring (bicyclic) bond motifs is 1. The molecule has 33 heavy (non-hydrogen) atoms. The van der Waals surface area contributed by atoms with Gasteiger partial charge in [-0.05, 0) is 56.0 Å². The summed E-state index contributed by atoms with van der Waals surface area (Å²) in [7, 11) is 0. The van der Waals surface area contributed by atoms with Crippen molar-refractivity contribution in [2.75, 3.05) is 32.7 Å². The van der Waals surface area contributed by atoms with E-state index in [1.54, 1.807) is 11.0 Å². The summed E-state index contributed by atoms with van der Waals surface area (Å²) in [6.07, 6.45) is 4.09. The molecule has 1 aromatic rings. The molecule has 4 aliphatic rings. The molecule has 7 heteroatoms. The second-order valence-electron chi connectivity index (χ2n) is 9.92. The zero-order valence-corrected chi connectivity index (χ0v) is 19.3. The van der Waals surface area contributed by atoms with Crippen LogP contribution in [0.25, 0.3) is 0 Å². The van der Waals surface area contributed by atoms with Gasteiger partial charge in [0, 0.05) is 56.2 Å². The molecule has 4 aliphatic heterocycles. The van der Waals surface area contributed by atoms with Gasteiger partial charge >= 0.3 is 0 Å². The third-order valence-electron chi connectivity index (χ3n) is 7.63. The molecule has 1 aromatic carbocycles. The lowest BCUT2D eigenvalue weighted by Gasteiger charge is -2.47. The highest BCUT2D eigenvalue weighted by molar-refractivity contribution is 6.05. The van der Waals surface area contributed by atoms with Gasteiger partial charge in [0.2, 0.25) is 11.8 Å². The first kappa shape index (κ1) is 22.1. The largest absolute Gasteiger partial charge is 0.322 e. The number of carbonyl (C=O) groups excluding carboxylic acids is 3. The smallest absolute Gasteiger partial charge is 0.255 e. The van der Waals surface area contributed by atoms with Crippen molar-refractivity contribution < 1.29 is 14.4 Å². The quantitative estimate of drug-likeness (QED) is 0.560. The van der Waals surface area contributed by atoms with E-state index in [1.807, 2.05) is 12.1 Å². The molecule has 3 saturated heterocycles. The molecule has 174 valence electrons. The molecule has 0 aliphatic carbocycles. The molecule has 0 bridgehead atoms. The molecular formula is C26H32N4O3. The SMILES string of the molecule is CC1CCN(C2CN(CCC#Cc3cccc4c3CN(C3CCC(=O)NC3=O)C4=O)C2)CC1. The van der Waals surface area contributed by atoms with Gasteiger partial charge in [0.1, 0.15) is 6.04 Å². The minimum Gasteiger partial charge on any atom is -0.322 e. The number of imide groups is 1. The normalized spacial score (nSPS) is 24.8. The van der Waals surface area contributed by atoms with E-state index >= 15 is 0 Å². The lowest BCUT2D eigenvalue weighted by molar-refractivity contribution is -0.136. The van der Waals surface area contributed by atoms with Crippen LogP contribution in [0.4, 0.5) is 0 Å². The zero-order chi connectivity index (χ0) is 22.9. The van der Waals surface area contributed by atoms with Crippen LogP contribution in [0.1, 0.15) is 60.5 Å². The third kappa shape index (κ3) is 4.55. The fourth-order valence-corrected chi connectivity index (χ4v) is 5.42. The van der Waals surface area contributed by atoms with Gasteiger partial charge in [0.15, 0.2) is 0 Å². The second kappa shape index (κ2) is 9.28. The predicted molar refractivity (Wildman–Crippen MR) is 124 cm³/mol. The molecule has 7 nitrogen and oxygen atoms in total. The van der Waals surface area contributed by atoms with Crippen LogP contribution in [0.3, 0.4) is 0 Å². The zero-order valence-electron chi connectivity index (χ0n) is 19.3. The van der Waals surface area contributed by atoms with Crippen LogP contribution in [0.2, 0.25) is 0 Å². The Labute approximate surface area is 195 Å². The van der Waals surface area contributed by atoms with E-state index in [4.69, 9.17) is 0 Å². The molecule has 3 fully saturated rings. The Bertz CT molecular complexity index is 1010. The van der Waals surface area contributed by atoms with E-state index in [-0.39, 0.29) is 24.1 Å². The van der Waals surface area contributed by atoms with Gasteiger partial charge in [-0.25, -0.2) is 0 Å². The lowest BCUT2D eigenvalue weighted by atomic mass is 9.96. The standard InChI is InChI=1S/C26H32N4O3/c1-18-10-13-29(14-11-18)20-15-28(16-20)12-3-2-5-19-6-4-7-21-22(19)17-30(26(21)33)23-8-9-24(31)27-25(23)32/h4,6-7,18,20,23H,3,8-17H2,1H3,(H,27,31,32). The van der Waals surface area contributed by atoms with Crippen LogP contribution in [-0.2, 0) is 16.1 Å². The van der Waals surface area contributed by atoms with Crippen LogP contribution in [0.5, 0.6) is 0 Å². The summed E-state index contributed by atoms with van der Waals surface area (Å²) in [6.45, 7) is 8.48. The maximum Gasteiger partial charge on any atom is 0.255 e. The van der Waals surface area contributed by atoms with Crippen molar-refractivity contribution in [2.24, 2.45) is 5.92 Å². The Hall–Kier alpha value is -2.69. The Morgan fingerprint density at radius 2 is 1.88 bits per heavy atom. The number of nitrogens with one attached hydrogen (secondary N) is 1. The molecular weight excluding hydrogens is 416 g/mol. The maximum atomic E-state index is 12.9. The van der Waals surface area contributed by atoms with Crippen LogP contribution < -0.4 is 5.32 Å². The second-order valence-corrected chi connectivity index (χ2v) is 9.92. The summed E-state index contributed by atoms with van der Waals surface area (Å²) < 4.78 is 0. The average Bonchev–Trinajstić information content (AvgIpc) is 3.10. The molecule has 3 amide bonds. The van der Waals surface area contributed by atoms with E-state index in [9.17, 15) is 14.4 Å². The van der Waals surface area contributed by atoms with Crippen molar-refractivity contribution in [1.82, 2.24) is 20.0 Å². The number of rotatable bonds is 4. The van der Waals surface area contributed by atoms with Gasteiger partial charge in [0.05, 0.1) is 0 Å². The fourth-order valence-electron chi connectivity index (χ4n) is 5.42. The molecule has 0 spiro atoms. The summed E-state index contributed by atoms with van der Waals surface area (Å²) in [5, 5.41) is 2.35. The molecule has 1 atom stereocenters. The van der Waals surface area contributed by atoms with E-state index in [2.05, 4.69) is 33.9 Å². The summed E-state index contributed by atoms with van der Waals surface area (Å²) in [6, 6.07) is 5.73. The highest BCUT2D eigenvalue weighted by atomic mass is 16.2. The number of amides is 3. The third-order valence-corrected chi connectivity index (χ3v) is 7.63. The average molecular weight is 449 g/mol. The molecule has 5 rings (SSSR count). The number of likely N-dealkylation sites (tertiary alicyclic amines) is 2. The monoisotopic (exact) mass is 448 g/mol. The lowest BCUT2D eigenvalue weighted by Crippen LogP contribution is -2.60. The van der Waals surface area contributed by atoms with Crippen molar-refractivity contribution in [3.05, 3.63) is 34.9 Å². The van der Waals surface area contributed by atoms with Gasteiger partial charge < -0.3 is 4.90 Å². The maximum absolute atomic E-state index is 12.9. The minimum absolute atomic E-state index is 0.151. The van der Waals surface area contributed by atoms with Crippen molar-refractivity contribution in [1.29, 1.82) is 0 Å². The van der Waals surface area contributed by atoms with Crippen molar-refractivity contribution >= 4 is 17.7 Å². The Kier molecular flexibility index (Phi) is 6.22. The van der Waals surface area contributed by atoms with E-state index < -0.39 is 6.04 Å². The van der Waals surface area contributed by atoms with E-state index in [0.29, 0.717) is 24.6 Å². The van der Waals surface area contributed by atoms with Crippen LogP contribution in [0, 0.1) is 17.8 Å². The number of hydrogen-bond donors (Lipinski definition) is 1. The highest BCUT2D eigenvalue weighted by Gasteiger charge is 2.39. The summed E-state index contributed by atoms with van der Waals surface area (Å²) >= 11 is 0. The molecule has 0 aromatic heterocycles. The highest BCUT2D eigenvalue weighted by Crippen LogP contribution is 2.29. The molecule has 4 heterocycles. The van der Waals surface area contributed by atoms with Gasteiger partial charge in [-0.1, -0.05) is 24.8 Å². The van der Waals surface area contributed by atoms with Gasteiger partial charge in [-0.15, -0.1) is 0 Å². The van der Waals surface area contributed by atoms with E-state index in [0.717, 1.165) is 43.1 Å². The van der Waals surface area contributed by atoms with Crippen molar-refractivity contribution in [2.45, 2.75) is 57.7 Å². The first-order valence-corrected chi connectivity index (χ1v) is 12.2. The van der Waals surface area contributed by atoms with Gasteiger partial charge in [-0.3, -0.25) is 29.5 Å². The van der Waals surface area contributed by atoms with E-state index in [1.165, 1.54) is 25.9 Å². The first-order valence-electron chi connectivity index (χ1n) is 12.2. The van der Waals surface area contributed by atoms with Crippen molar-refractivity contribution in [3.63, 3.8) is 0 Å². The van der Waals surface area contributed by atoms with Crippen molar-refractivity contribution in [3.8, 4) is 11.8 Å². The first-order chi connectivity index (χ1) is 16.0. The number of carbonyl (C=O) groups is 3. The number of benzene rings is 1. The minimum atomic E-state index is -0.592. The molecule has 0 radical (unpaired) electrons. The molecule has 1 unspecified atom stereocenters. The number of piperidine rings is 2. The Morgan fingerprint density at radius 1 is 1.09 bits per heavy atom.